The highest BCUT2D eigenvalue weighted by Gasteiger charge is 2.34. The van der Waals surface area contributed by atoms with Gasteiger partial charge >= 0.3 is 6.18 Å². The molecule has 0 spiro atoms. The summed E-state index contributed by atoms with van der Waals surface area (Å²) in [4.78, 5) is 4.07. The number of nitrogens with zero attached hydrogens (tertiary/aromatic N) is 3. The second-order valence-electron chi connectivity index (χ2n) is 6.97. The van der Waals surface area contributed by atoms with Crippen molar-refractivity contribution in [3.8, 4) is 16.9 Å². The highest BCUT2D eigenvalue weighted by atomic mass is 19.4. The smallest absolute Gasteiger partial charge is 0.334 e. The van der Waals surface area contributed by atoms with Crippen molar-refractivity contribution in [3.05, 3.63) is 78.0 Å². The molecule has 3 nitrogen and oxygen atoms in total. The van der Waals surface area contributed by atoms with Gasteiger partial charge in [0.15, 0.2) is 11.9 Å². The number of imidazole rings is 1. The van der Waals surface area contributed by atoms with Crippen LogP contribution < -0.4 is 4.57 Å². The van der Waals surface area contributed by atoms with Crippen LogP contribution in [0.25, 0.3) is 27.7 Å². The summed E-state index contributed by atoms with van der Waals surface area (Å²) in [6.45, 7) is 3.75. The van der Waals surface area contributed by atoms with Crippen LogP contribution >= 0.6 is 0 Å². The van der Waals surface area contributed by atoms with Crippen molar-refractivity contribution < 1.29 is 17.7 Å². The molecule has 0 unspecified atom stereocenters. The lowest BCUT2D eigenvalue weighted by Crippen LogP contribution is -2.35. The molecule has 0 atom stereocenters. The van der Waals surface area contributed by atoms with E-state index in [0.29, 0.717) is 16.9 Å². The maximum atomic E-state index is 13.7. The number of aromatic nitrogens is 3. The van der Waals surface area contributed by atoms with Gasteiger partial charge in [-0.15, -0.1) is 0 Å². The van der Waals surface area contributed by atoms with Crippen molar-refractivity contribution >= 4 is 10.8 Å². The maximum absolute atomic E-state index is 13.7. The first kappa shape index (κ1) is 18.2. The standard InChI is InChI=1S/C22H19F3N3/c1-14-8-16-6-4-5-7-17(16)12-28(14)20-10-18(22(23,24)25)9-19(15(20)2)21-11-26-13-27(21)3/h4-13H,1-3H3/q+1. The molecule has 0 aliphatic rings. The third kappa shape index (κ3) is 3.05. The van der Waals surface area contributed by atoms with Crippen LogP contribution in [0.2, 0.25) is 0 Å². The Morgan fingerprint density at radius 1 is 1.00 bits per heavy atom. The van der Waals surface area contributed by atoms with Crippen LogP contribution in [0.3, 0.4) is 0 Å². The summed E-state index contributed by atoms with van der Waals surface area (Å²) < 4.78 is 44.5. The van der Waals surface area contributed by atoms with E-state index in [1.165, 1.54) is 12.1 Å². The van der Waals surface area contributed by atoms with Gasteiger partial charge in [-0.25, -0.2) is 4.98 Å². The number of aryl methyl sites for hydroxylation is 2. The Morgan fingerprint density at radius 3 is 2.36 bits per heavy atom. The number of rotatable bonds is 2. The van der Waals surface area contributed by atoms with E-state index < -0.39 is 11.7 Å². The van der Waals surface area contributed by atoms with E-state index in [0.717, 1.165) is 22.0 Å². The first-order valence-electron chi connectivity index (χ1n) is 8.85. The lowest BCUT2D eigenvalue weighted by atomic mass is 9.99. The van der Waals surface area contributed by atoms with Crippen LogP contribution in [0.1, 0.15) is 16.8 Å². The predicted molar refractivity (Wildman–Crippen MR) is 102 cm³/mol. The van der Waals surface area contributed by atoms with Gasteiger partial charge in [-0.2, -0.15) is 17.7 Å². The number of halogens is 3. The molecule has 0 fully saturated rings. The van der Waals surface area contributed by atoms with Crippen LogP contribution in [-0.4, -0.2) is 9.55 Å². The molecule has 2 heterocycles. The highest BCUT2D eigenvalue weighted by molar-refractivity contribution is 5.81. The van der Waals surface area contributed by atoms with Crippen molar-refractivity contribution in [2.45, 2.75) is 20.0 Å². The molecule has 0 saturated carbocycles. The topological polar surface area (TPSA) is 21.7 Å². The van der Waals surface area contributed by atoms with Gasteiger partial charge in [-0.05, 0) is 24.4 Å². The molecule has 0 N–H and O–H groups in total. The molecule has 0 aliphatic carbocycles. The fourth-order valence-electron chi connectivity index (χ4n) is 3.55. The van der Waals surface area contributed by atoms with Gasteiger partial charge < -0.3 is 4.57 Å². The van der Waals surface area contributed by atoms with E-state index in [1.54, 1.807) is 24.1 Å². The lowest BCUT2D eigenvalue weighted by Gasteiger charge is -2.14. The van der Waals surface area contributed by atoms with Gasteiger partial charge in [-0.3, -0.25) is 0 Å². The normalized spacial score (nSPS) is 11.9. The molecular formula is C22H19F3N3+. The summed E-state index contributed by atoms with van der Waals surface area (Å²) in [5, 5.41) is 2.01. The zero-order chi connectivity index (χ0) is 20.1. The van der Waals surface area contributed by atoms with Crippen LogP contribution in [0.15, 0.2) is 61.2 Å². The third-order valence-electron chi connectivity index (χ3n) is 5.07. The minimum Gasteiger partial charge on any atom is -0.334 e. The summed E-state index contributed by atoms with van der Waals surface area (Å²) in [6.07, 6.45) is 0.620. The molecule has 4 rings (SSSR count). The molecule has 4 aromatic rings. The predicted octanol–water partition coefficient (Wildman–Crippen LogP) is 5.15. The van der Waals surface area contributed by atoms with Crippen molar-refractivity contribution in [2.24, 2.45) is 7.05 Å². The maximum Gasteiger partial charge on any atom is 0.416 e. The van der Waals surface area contributed by atoms with Gasteiger partial charge in [0.05, 0.1) is 23.8 Å². The highest BCUT2D eigenvalue weighted by Crippen LogP contribution is 2.36. The van der Waals surface area contributed by atoms with Crippen molar-refractivity contribution in [1.29, 1.82) is 0 Å². The molecule has 2 aromatic carbocycles. The average Bonchev–Trinajstić information content (AvgIpc) is 3.06. The van der Waals surface area contributed by atoms with Crippen molar-refractivity contribution in [1.82, 2.24) is 9.55 Å². The summed E-state index contributed by atoms with van der Waals surface area (Å²) in [5.41, 5.74) is 2.62. The van der Waals surface area contributed by atoms with E-state index in [2.05, 4.69) is 4.98 Å². The quantitative estimate of drug-likeness (QED) is 0.439. The Labute approximate surface area is 160 Å². The second kappa shape index (κ2) is 6.48. The lowest BCUT2D eigenvalue weighted by molar-refractivity contribution is -0.601. The molecule has 2 aromatic heterocycles. The van der Waals surface area contributed by atoms with Crippen LogP contribution in [0, 0.1) is 13.8 Å². The Hall–Kier alpha value is -3.15. The largest absolute Gasteiger partial charge is 0.416 e. The van der Waals surface area contributed by atoms with E-state index in [-0.39, 0.29) is 0 Å². The zero-order valence-electron chi connectivity index (χ0n) is 15.7. The van der Waals surface area contributed by atoms with Crippen molar-refractivity contribution in [3.63, 3.8) is 0 Å². The van der Waals surface area contributed by atoms with Crippen LogP contribution in [-0.2, 0) is 13.2 Å². The number of pyridine rings is 1. The fraction of sp³-hybridized carbons (Fsp3) is 0.182. The summed E-state index contributed by atoms with van der Waals surface area (Å²) >= 11 is 0. The molecule has 0 bridgehead atoms. The van der Waals surface area contributed by atoms with Gasteiger partial charge in [-0.1, -0.05) is 18.2 Å². The summed E-state index contributed by atoms with van der Waals surface area (Å²) in [5.74, 6) is 0. The molecule has 0 saturated heterocycles. The molecule has 0 aliphatic heterocycles. The van der Waals surface area contributed by atoms with E-state index in [1.807, 2.05) is 54.9 Å². The Balaban J connectivity index is 2.04. The minimum absolute atomic E-state index is 0.509. The number of alkyl halides is 3. The molecule has 0 amide bonds. The first-order valence-corrected chi connectivity index (χ1v) is 8.85. The van der Waals surface area contributed by atoms with Crippen LogP contribution in [0.5, 0.6) is 0 Å². The number of fused-ring (bicyclic) bond motifs is 1. The average molecular weight is 382 g/mol. The monoisotopic (exact) mass is 382 g/mol. The molecule has 6 heteroatoms. The zero-order valence-corrected chi connectivity index (χ0v) is 15.7. The summed E-state index contributed by atoms with van der Waals surface area (Å²) in [7, 11) is 1.77. The first-order chi connectivity index (χ1) is 13.3. The Bertz CT molecular complexity index is 1190. The molecule has 0 radical (unpaired) electrons. The molecule has 142 valence electrons. The van der Waals surface area contributed by atoms with Gasteiger partial charge in [0, 0.05) is 42.6 Å². The van der Waals surface area contributed by atoms with Gasteiger partial charge in [0.25, 0.3) is 0 Å². The van der Waals surface area contributed by atoms with Crippen LogP contribution in [0.4, 0.5) is 13.2 Å². The van der Waals surface area contributed by atoms with E-state index >= 15 is 0 Å². The van der Waals surface area contributed by atoms with E-state index in [4.69, 9.17) is 0 Å². The fourth-order valence-corrected chi connectivity index (χ4v) is 3.55. The van der Waals surface area contributed by atoms with Gasteiger partial charge in [0.2, 0.25) is 5.69 Å². The minimum atomic E-state index is -4.44. The molecular weight excluding hydrogens is 363 g/mol. The number of hydrogen-bond acceptors (Lipinski definition) is 1. The molecule has 28 heavy (non-hydrogen) atoms. The second-order valence-corrected chi connectivity index (χ2v) is 6.97. The Kier molecular flexibility index (Phi) is 4.22. The SMILES string of the molecule is Cc1c(-c2cncn2C)cc(C(F)(F)F)cc1-[n+]1cc2ccccc2cc1C. The van der Waals surface area contributed by atoms with Gasteiger partial charge in [0.1, 0.15) is 0 Å². The third-order valence-corrected chi connectivity index (χ3v) is 5.07. The summed E-state index contributed by atoms with van der Waals surface area (Å²) in [6, 6.07) is 12.2. The number of benzene rings is 2. The number of hydrogen-bond donors (Lipinski definition) is 0. The van der Waals surface area contributed by atoms with E-state index in [9.17, 15) is 13.2 Å². The Morgan fingerprint density at radius 2 is 1.71 bits per heavy atom. The van der Waals surface area contributed by atoms with Crippen molar-refractivity contribution in [2.75, 3.05) is 0 Å².